The monoisotopic (exact) mass is 389 g/mol. The molecule has 3 aromatic rings. The lowest BCUT2D eigenvalue weighted by Crippen LogP contribution is -2.47. The van der Waals surface area contributed by atoms with Gasteiger partial charge in [-0.2, -0.15) is 5.10 Å². The Balaban J connectivity index is 1.39. The molecule has 0 unspecified atom stereocenters. The molecule has 152 valence electrons. The number of piperidine rings is 2. The molecule has 2 aliphatic heterocycles. The van der Waals surface area contributed by atoms with Crippen LogP contribution in [0.5, 0.6) is 0 Å². The Morgan fingerprint density at radius 3 is 2.48 bits per heavy atom. The third-order valence-electron chi connectivity index (χ3n) is 6.70. The predicted octanol–water partition coefficient (Wildman–Crippen LogP) is 4.47. The number of benzene rings is 1. The first-order valence-corrected chi connectivity index (χ1v) is 11.1. The van der Waals surface area contributed by atoms with Crippen molar-refractivity contribution in [3.05, 3.63) is 47.8 Å². The Morgan fingerprint density at radius 2 is 1.72 bits per heavy atom. The summed E-state index contributed by atoms with van der Waals surface area (Å²) in [4.78, 5) is 9.95. The van der Waals surface area contributed by atoms with Gasteiger partial charge in [-0.1, -0.05) is 30.2 Å². The molecule has 5 nitrogen and oxygen atoms in total. The molecular weight excluding hydrogens is 358 g/mol. The van der Waals surface area contributed by atoms with Crippen molar-refractivity contribution in [3.63, 3.8) is 0 Å². The van der Waals surface area contributed by atoms with Crippen LogP contribution in [0.2, 0.25) is 0 Å². The number of anilines is 1. The zero-order valence-corrected chi connectivity index (χ0v) is 17.6. The van der Waals surface area contributed by atoms with Gasteiger partial charge in [0.05, 0.1) is 5.69 Å². The normalized spacial score (nSPS) is 19.2. The molecule has 1 aromatic carbocycles. The molecule has 2 aromatic heterocycles. The van der Waals surface area contributed by atoms with Crippen LogP contribution in [0.25, 0.3) is 16.8 Å². The summed E-state index contributed by atoms with van der Waals surface area (Å²) in [6, 6.07) is 9.53. The van der Waals surface area contributed by atoms with Gasteiger partial charge in [0.15, 0.2) is 5.82 Å². The standard InChI is InChI=1S/C24H31N5/c1-18-6-7-21(19(2)16-18)22-17-23-24(25-10-15-29(23)26-22)28-13-8-20(9-14-28)27-11-4-3-5-12-27/h6-7,10,15-17,20H,3-5,8-9,11-14H2,1-2H3. The van der Waals surface area contributed by atoms with Gasteiger partial charge in [-0.15, -0.1) is 0 Å². The smallest absolute Gasteiger partial charge is 0.154 e. The fourth-order valence-electron chi connectivity index (χ4n) is 5.11. The number of aryl methyl sites for hydroxylation is 2. The lowest BCUT2D eigenvalue weighted by molar-refractivity contribution is 0.141. The molecule has 0 amide bonds. The zero-order valence-electron chi connectivity index (χ0n) is 17.6. The average molecular weight is 390 g/mol. The fourth-order valence-corrected chi connectivity index (χ4v) is 5.11. The Labute approximate surface area is 173 Å². The second-order valence-corrected chi connectivity index (χ2v) is 8.74. The van der Waals surface area contributed by atoms with Gasteiger partial charge < -0.3 is 9.80 Å². The SMILES string of the molecule is Cc1ccc(-c2cc3c(N4CCC(N5CCCCC5)CC4)nccn3n2)c(C)c1. The number of nitrogens with zero attached hydrogens (tertiary/aromatic N) is 5. The van der Waals surface area contributed by atoms with Crippen LogP contribution in [0, 0.1) is 13.8 Å². The van der Waals surface area contributed by atoms with Crippen LogP contribution < -0.4 is 4.90 Å². The topological polar surface area (TPSA) is 36.7 Å². The molecule has 5 rings (SSSR count). The first-order chi connectivity index (χ1) is 14.2. The summed E-state index contributed by atoms with van der Waals surface area (Å²) in [5.74, 6) is 1.08. The third-order valence-corrected chi connectivity index (χ3v) is 6.70. The van der Waals surface area contributed by atoms with Crippen LogP contribution in [-0.4, -0.2) is 51.7 Å². The van der Waals surface area contributed by atoms with Crippen molar-refractivity contribution >= 4 is 11.3 Å². The minimum absolute atomic E-state index is 0.752. The molecule has 0 radical (unpaired) electrons. The maximum Gasteiger partial charge on any atom is 0.154 e. The first-order valence-electron chi connectivity index (χ1n) is 11.1. The van der Waals surface area contributed by atoms with Crippen LogP contribution in [0.1, 0.15) is 43.2 Å². The lowest BCUT2D eigenvalue weighted by Gasteiger charge is -2.40. The summed E-state index contributed by atoms with van der Waals surface area (Å²) in [6.45, 7) is 9.05. The number of hydrogen-bond donors (Lipinski definition) is 0. The van der Waals surface area contributed by atoms with E-state index in [-0.39, 0.29) is 0 Å². The second-order valence-electron chi connectivity index (χ2n) is 8.74. The number of hydrogen-bond acceptors (Lipinski definition) is 4. The highest BCUT2D eigenvalue weighted by Gasteiger charge is 2.27. The van der Waals surface area contributed by atoms with E-state index < -0.39 is 0 Å². The fraction of sp³-hybridized carbons (Fsp3) is 0.500. The van der Waals surface area contributed by atoms with Crippen LogP contribution in [0.4, 0.5) is 5.82 Å². The maximum atomic E-state index is 4.86. The van der Waals surface area contributed by atoms with Crippen molar-refractivity contribution < 1.29 is 0 Å². The molecule has 0 saturated carbocycles. The van der Waals surface area contributed by atoms with Crippen LogP contribution in [0.15, 0.2) is 36.7 Å². The number of aromatic nitrogens is 3. The molecule has 0 bridgehead atoms. The van der Waals surface area contributed by atoms with E-state index in [0.29, 0.717) is 0 Å². The van der Waals surface area contributed by atoms with Crippen molar-refractivity contribution in [2.24, 2.45) is 0 Å². The van der Waals surface area contributed by atoms with Crippen LogP contribution >= 0.6 is 0 Å². The Morgan fingerprint density at radius 1 is 0.931 bits per heavy atom. The Bertz CT molecular complexity index is 994. The second kappa shape index (κ2) is 7.79. The third kappa shape index (κ3) is 3.64. The van der Waals surface area contributed by atoms with Gasteiger partial charge >= 0.3 is 0 Å². The summed E-state index contributed by atoms with van der Waals surface area (Å²) in [6.07, 6.45) is 10.5. The molecule has 29 heavy (non-hydrogen) atoms. The lowest BCUT2D eigenvalue weighted by atomic mass is 10.00. The molecule has 4 heterocycles. The van der Waals surface area contributed by atoms with E-state index in [1.165, 1.54) is 61.9 Å². The summed E-state index contributed by atoms with van der Waals surface area (Å²) < 4.78 is 1.99. The molecule has 0 spiro atoms. The molecular formula is C24H31N5. The predicted molar refractivity (Wildman–Crippen MR) is 119 cm³/mol. The van der Waals surface area contributed by atoms with E-state index in [2.05, 4.69) is 47.9 Å². The van der Waals surface area contributed by atoms with Gasteiger partial charge in [0.1, 0.15) is 5.52 Å². The average Bonchev–Trinajstić information content (AvgIpc) is 3.18. The molecule has 2 aliphatic rings. The molecule has 2 saturated heterocycles. The van der Waals surface area contributed by atoms with Crippen LogP contribution in [0.3, 0.4) is 0 Å². The molecule has 0 atom stereocenters. The summed E-state index contributed by atoms with van der Waals surface area (Å²) >= 11 is 0. The highest BCUT2D eigenvalue weighted by molar-refractivity contribution is 5.76. The van der Waals surface area contributed by atoms with Gasteiger partial charge in [0.25, 0.3) is 0 Å². The Kier molecular flexibility index (Phi) is 5.00. The summed E-state index contributed by atoms with van der Waals surface area (Å²) in [5.41, 5.74) is 5.90. The molecule has 0 aliphatic carbocycles. The number of rotatable bonds is 3. The minimum atomic E-state index is 0.752. The van der Waals surface area contributed by atoms with Crippen molar-refractivity contribution in [3.8, 4) is 11.3 Å². The van der Waals surface area contributed by atoms with E-state index in [1.54, 1.807) is 0 Å². The van der Waals surface area contributed by atoms with E-state index >= 15 is 0 Å². The highest BCUT2D eigenvalue weighted by Crippen LogP contribution is 2.30. The molecule has 0 N–H and O–H groups in total. The molecule has 2 fully saturated rings. The van der Waals surface area contributed by atoms with Crippen molar-refractivity contribution in [2.75, 3.05) is 31.1 Å². The largest absolute Gasteiger partial charge is 0.355 e. The number of likely N-dealkylation sites (tertiary alicyclic amines) is 1. The summed E-state index contributed by atoms with van der Waals surface area (Å²) in [7, 11) is 0. The van der Waals surface area contributed by atoms with Crippen molar-refractivity contribution in [1.82, 2.24) is 19.5 Å². The first kappa shape index (κ1) is 18.6. The highest BCUT2D eigenvalue weighted by atomic mass is 15.3. The van der Waals surface area contributed by atoms with Crippen molar-refractivity contribution in [2.45, 2.75) is 52.0 Å². The summed E-state index contributed by atoms with van der Waals surface area (Å²) in [5, 5.41) is 4.86. The Hall–Kier alpha value is -2.40. The minimum Gasteiger partial charge on any atom is -0.355 e. The quantitative estimate of drug-likeness (QED) is 0.662. The van der Waals surface area contributed by atoms with Gasteiger partial charge in [0, 0.05) is 37.1 Å². The van der Waals surface area contributed by atoms with E-state index in [9.17, 15) is 0 Å². The van der Waals surface area contributed by atoms with Crippen molar-refractivity contribution in [1.29, 1.82) is 0 Å². The molecule has 5 heteroatoms. The van der Waals surface area contributed by atoms with Gasteiger partial charge in [0.2, 0.25) is 0 Å². The van der Waals surface area contributed by atoms with E-state index in [0.717, 1.165) is 36.2 Å². The van der Waals surface area contributed by atoms with E-state index in [1.807, 2.05) is 16.9 Å². The van der Waals surface area contributed by atoms with Gasteiger partial charge in [-0.05, 0) is 64.3 Å². The van der Waals surface area contributed by atoms with Gasteiger partial charge in [-0.3, -0.25) is 0 Å². The van der Waals surface area contributed by atoms with E-state index in [4.69, 9.17) is 10.1 Å². The maximum absolute atomic E-state index is 4.86. The number of fused-ring (bicyclic) bond motifs is 1. The zero-order chi connectivity index (χ0) is 19.8. The van der Waals surface area contributed by atoms with Crippen LogP contribution in [-0.2, 0) is 0 Å². The van der Waals surface area contributed by atoms with Gasteiger partial charge in [-0.25, -0.2) is 9.50 Å².